The molecule has 1 saturated heterocycles. The third-order valence-electron chi connectivity index (χ3n) is 5.62. The van der Waals surface area contributed by atoms with Crippen LogP contribution in [-0.2, 0) is 10.3 Å². The number of aryl methyl sites for hydroxylation is 1. The Morgan fingerprint density at radius 3 is 2.67 bits per heavy atom. The highest BCUT2D eigenvalue weighted by atomic mass is 32.1. The van der Waals surface area contributed by atoms with E-state index in [9.17, 15) is 4.79 Å². The third-order valence-corrected chi connectivity index (χ3v) is 6.90. The molecule has 1 aliphatic heterocycles. The van der Waals surface area contributed by atoms with Gasteiger partial charge in [0.15, 0.2) is 5.11 Å². The highest BCUT2D eigenvalue weighted by Crippen LogP contribution is 2.41. The number of nitrogens with one attached hydrogen (secondary N) is 2. The van der Waals surface area contributed by atoms with Crippen molar-refractivity contribution in [1.29, 1.82) is 0 Å². The molecule has 1 saturated carbocycles. The minimum Gasteiger partial charge on any atom is -0.352 e. The summed E-state index contributed by atoms with van der Waals surface area (Å²) in [5.41, 5.74) is 3.02. The summed E-state index contributed by atoms with van der Waals surface area (Å²) in [5, 5.41) is 9.75. The normalized spacial score (nSPS) is 18.7. The third kappa shape index (κ3) is 3.73. The molecule has 4 rings (SSSR count). The minimum absolute atomic E-state index is 0.0325. The number of benzene rings is 1. The van der Waals surface area contributed by atoms with Gasteiger partial charge in [-0.1, -0.05) is 18.9 Å². The van der Waals surface area contributed by atoms with Crippen molar-refractivity contribution in [3.05, 3.63) is 46.2 Å². The van der Waals surface area contributed by atoms with Crippen LogP contribution in [0.2, 0.25) is 0 Å². The first-order valence-corrected chi connectivity index (χ1v) is 10.9. The molecular weight excluding hydrogens is 374 g/mol. The van der Waals surface area contributed by atoms with Crippen LogP contribution in [0, 0.1) is 6.92 Å². The fourth-order valence-electron chi connectivity index (χ4n) is 4.28. The zero-order valence-electron chi connectivity index (χ0n) is 15.6. The summed E-state index contributed by atoms with van der Waals surface area (Å²) in [4.78, 5) is 15.3. The summed E-state index contributed by atoms with van der Waals surface area (Å²) in [7, 11) is 0. The molecule has 1 aromatic carbocycles. The van der Waals surface area contributed by atoms with E-state index in [0.29, 0.717) is 11.5 Å². The largest absolute Gasteiger partial charge is 0.352 e. The van der Waals surface area contributed by atoms with E-state index in [1.165, 1.54) is 17.7 Å². The van der Waals surface area contributed by atoms with Crippen LogP contribution in [-0.4, -0.2) is 17.6 Å². The molecule has 142 valence electrons. The SMILES string of the molecule is Cc1cc(NC(=S)NC2(c3cccs3)CCCC2)ccc1N1CCCC1=O. The molecule has 2 aliphatic rings. The molecule has 2 aromatic rings. The number of hydrogen-bond acceptors (Lipinski definition) is 3. The van der Waals surface area contributed by atoms with Gasteiger partial charge in [0.2, 0.25) is 5.91 Å². The number of rotatable bonds is 4. The van der Waals surface area contributed by atoms with Crippen LogP contribution < -0.4 is 15.5 Å². The smallest absolute Gasteiger partial charge is 0.227 e. The van der Waals surface area contributed by atoms with Gasteiger partial charge < -0.3 is 15.5 Å². The second-order valence-electron chi connectivity index (χ2n) is 7.50. The molecule has 0 bridgehead atoms. The van der Waals surface area contributed by atoms with E-state index >= 15 is 0 Å². The first-order chi connectivity index (χ1) is 13.1. The van der Waals surface area contributed by atoms with Crippen LogP contribution in [0.4, 0.5) is 11.4 Å². The Morgan fingerprint density at radius 1 is 1.22 bits per heavy atom. The second-order valence-corrected chi connectivity index (χ2v) is 8.85. The molecule has 2 fully saturated rings. The van der Waals surface area contributed by atoms with Crippen LogP contribution in [0.5, 0.6) is 0 Å². The Kier molecular flexibility index (Phi) is 5.19. The van der Waals surface area contributed by atoms with Crippen LogP contribution in [0.25, 0.3) is 0 Å². The molecule has 2 N–H and O–H groups in total. The number of thiocarbonyl (C=S) groups is 1. The molecule has 4 nitrogen and oxygen atoms in total. The van der Waals surface area contributed by atoms with Gasteiger partial charge >= 0.3 is 0 Å². The average molecular weight is 400 g/mol. The maximum absolute atomic E-state index is 12.0. The Hall–Kier alpha value is -1.92. The van der Waals surface area contributed by atoms with Crippen molar-refractivity contribution in [2.75, 3.05) is 16.8 Å². The predicted octanol–water partition coefficient (Wildman–Crippen LogP) is 4.94. The van der Waals surface area contributed by atoms with E-state index in [1.54, 1.807) is 11.3 Å². The molecule has 6 heteroatoms. The summed E-state index contributed by atoms with van der Waals surface area (Å²) in [6, 6.07) is 10.4. The van der Waals surface area contributed by atoms with Crippen LogP contribution in [0.1, 0.15) is 49.0 Å². The lowest BCUT2D eigenvalue weighted by atomic mass is 9.96. The number of hydrogen-bond donors (Lipinski definition) is 2. The number of amides is 1. The van der Waals surface area contributed by atoms with Crippen molar-refractivity contribution in [3.8, 4) is 0 Å². The molecule has 0 spiro atoms. The fraction of sp³-hybridized carbons (Fsp3) is 0.429. The topological polar surface area (TPSA) is 44.4 Å². The van der Waals surface area contributed by atoms with Gasteiger partial charge in [-0.25, -0.2) is 0 Å². The van der Waals surface area contributed by atoms with E-state index in [2.05, 4.69) is 34.2 Å². The number of carbonyl (C=O) groups excluding carboxylic acids is 1. The Balaban J connectivity index is 1.46. The lowest BCUT2D eigenvalue weighted by Gasteiger charge is -2.31. The van der Waals surface area contributed by atoms with Gasteiger partial charge in [0.05, 0.1) is 5.54 Å². The van der Waals surface area contributed by atoms with E-state index in [1.807, 2.05) is 24.0 Å². The van der Waals surface area contributed by atoms with E-state index in [0.717, 1.165) is 42.7 Å². The van der Waals surface area contributed by atoms with Gasteiger partial charge in [-0.3, -0.25) is 4.79 Å². The molecule has 0 atom stereocenters. The van der Waals surface area contributed by atoms with Crippen molar-refractivity contribution >= 4 is 45.9 Å². The van der Waals surface area contributed by atoms with Crippen molar-refractivity contribution in [2.45, 2.75) is 51.0 Å². The van der Waals surface area contributed by atoms with Gasteiger partial charge in [0.25, 0.3) is 0 Å². The van der Waals surface area contributed by atoms with Crippen molar-refractivity contribution in [2.24, 2.45) is 0 Å². The van der Waals surface area contributed by atoms with Crippen molar-refractivity contribution in [1.82, 2.24) is 5.32 Å². The van der Waals surface area contributed by atoms with Gasteiger partial charge in [0.1, 0.15) is 0 Å². The van der Waals surface area contributed by atoms with Gasteiger partial charge in [-0.2, -0.15) is 0 Å². The zero-order valence-corrected chi connectivity index (χ0v) is 17.2. The first-order valence-electron chi connectivity index (χ1n) is 9.62. The summed E-state index contributed by atoms with van der Waals surface area (Å²) < 4.78 is 0. The number of thiophene rings is 1. The summed E-state index contributed by atoms with van der Waals surface area (Å²) in [5.74, 6) is 0.218. The summed E-state index contributed by atoms with van der Waals surface area (Å²) >= 11 is 7.44. The zero-order chi connectivity index (χ0) is 18.9. The molecule has 1 amide bonds. The van der Waals surface area contributed by atoms with Crippen LogP contribution in [0.3, 0.4) is 0 Å². The fourth-order valence-corrected chi connectivity index (χ4v) is 5.54. The monoisotopic (exact) mass is 399 g/mol. The first kappa shape index (κ1) is 18.4. The second kappa shape index (κ2) is 7.60. The van der Waals surface area contributed by atoms with E-state index in [-0.39, 0.29) is 11.4 Å². The Morgan fingerprint density at radius 2 is 2.04 bits per heavy atom. The molecular formula is C21H25N3OS2. The van der Waals surface area contributed by atoms with Gasteiger partial charge in [0, 0.05) is 29.2 Å². The number of anilines is 2. The van der Waals surface area contributed by atoms with Crippen molar-refractivity contribution in [3.63, 3.8) is 0 Å². The Bertz CT molecular complexity index is 841. The molecule has 2 heterocycles. The van der Waals surface area contributed by atoms with E-state index < -0.39 is 0 Å². The van der Waals surface area contributed by atoms with Gasteiger partial charge in [-0.15, -0.1) is 11.3 Å². The van der Waals surface area contributed by atoms with E-state index in [4.69, 9.17) is 12.2 Å². The predicted molar refractivity (Wildman–Crippen MR) is 117 cm³/mol. The quantitative estimate of drug-likeness (QED) is 0.715. The maximum atomic E-state index is 12.0. The number of carbonyl (C=O) groups is 1. The molecule has 1 aromatic heterocycles. The standard InChI is InChI=1S/C21H25N3OS2/c1-15-14-16(8-9-17(15)24-12-4-7-19(24)25)22-20(26)23-21(10-2-3-11-21)18-6-5-13-27-18/h5-6,8-9,13-14H,2-4,7,10-12H2,1H3,(H2,22,23,26). The molecule has 27 heavy (non-hydrogen) atoms. The lowest BCUT2D eigenvalue weighted by Crippen LogP contribution is -2.45. The summed E-state index contributed by atoms with van der Waals surface area (Å²) in [6.45, 7) is 2.86. The highest BCUT2D eigenvalue weighted by molar-refractivity contribution is 7.80. The minimum atomic E-state index is -0.0325. The molecule has 0 radical (unpaired) electrons. The average Bonchev–Trinajstić information content (AvgIpc) is 3.37. The van der Waals surface area contributed by atoms with Crippen molar-refractivity contribution < 1.29 is 4.79 Å². The summed E-state index contributed by atoms with van der Waals surface area (Å²) in [6.07, 6.45) is 6.28. The number of nitrogens with zero attached hydrogens (tertiary/aromatic N) is 1. The highest BCUT2D eigenvalue weighted by Gasteiger charge is 2.37. The van der Waals surface area contributed by atoms with Crippen LogP contribution >= 0.6 is 23.6 Å². The Labute approximate surface area is 170 Å². The van der Waals surface area contributed by atoms with Gasteiger partial charge in [-0.05, 0) is 73.6 Å². The lowest BCUT2D eigenvalue weighted by molar-refractivity contribution is -0.117. The molecule has 0 unspecified atom stereocenters. The van der Waals surface area contributed by atoms with Crippen LogP contribution in [0.15, 0.2) is 35.7 Å². The maximum Gasteiger partial charge on any atom is 0.227 e. The molecule has 1 aliphatic carbocycles.